The van der Waals surface area contributed by atoms with Crippen LogP contribution in [0.15, 0.2) is 39.6 Å². The monoisotopic (exact) mass is 247 g/mol. The Bertz CT molecular complexity index is 734. The van der Waals surface area contributed by atoms with Crippen molar-refractivity contribution in [3.05, 3.63) is 46.5 Å². The van der Waals surface area contributed by atoms with E-state index in [1.165, 1.54) is 29.8 Å². The minimum absolute atomic E-state index is 0.115. The number of benzene rings is 1. The van der Waals surface area contributed by atoms with E-state index in [1.54, 1.807) is 0 Å². The summed E-state index contributed by atoms with van der Waals surface area (Å²) in [7, 11) is 1.53. The van der Waals surface area contributed by atoms with E-state index in [1.807, 2.05) is 0 Å². The van der Waals surface area contributed by atoms with Crippen molar-refractivity contribution in [3.63, 3.8) is 0 Å². The molecule has 0 aliphatic carbocycles. The number of aromatic nitrogens is 1. The molecule has 0 saturated carbocycles. The Hall–Kier alpha value is -2.63. The number of ketones is 1. The van der Waals surface area contributed by atoms with Gasteiger partial charge in [0.2, 0.25) is 0 Å². The number of hydrogen-bond acceptors (Lipinski definition) is 4. The first-order chi connectivity index (χ1) is 8.41. The fraction of sp³-hybridized carbons (Fsp3) is 0.0833. The van der Waals surface area contributed by atoms with E-state index in [4.69, 9.17) is 9.52 Å². The fourth-order valence-corrected chi connectivity index (χ4v) is 1.55. The molecule has 2 rings (SSSR count). The lowest BCUT2D eigenvalue weighted by Crippen LogP contribution is -2.11. The van der Waals surface area contributed by atoms with Crippen LogP contribution in [0.2, 0.25) is 0 Å². The Labute approximate surface area is 101 Å². The van der Waals surface area contributed by atoms with E-state index in [9.17, 15) is 14.4 Å². The molecule has 0 spiro atoms. The van der Waals surface area contributed by atoms with Gasteiger partial charge in [0.25, 0.3) is 0 Å². The molecule has 0 fully saturated rings. The first-order valence-electron chi connectivity index (χ1n) is 4.98. The molecule has 18 heavy (non-hydrogen) atoms. The molecule has 6 heteroatoms. The van der Waals surface area contributed by atoms with Gasteiger partial charge in [-0.15, -0.1) is 0 Å². The molecule has 0 aliphatic rings. The summed E-state index contributed by atoms with van der Waals surface area (Å²) < 4.78 is 6.20. The Morgan fingerprint density at radius 2 is 2.06 bits per heavy atom. The van der Waals surface area contributed by atoms with Crippen LogP contribution in [0.3, 0.4) is 0 Å². The summed E-state index contributed by atoms with van der Waals surface area (Å²) in [5.41, 5.74) is 0.334. The molecule has 0 amide bonds. The second-order valence-corrected chi connectivity index (χ2v) is 3.72. The topological polar surface area (TPSA) is 89.5 Å². The van der Waals surface area contributed by atoms with Gasteiger partial charge in [0.1, 0.15) is 5.57 Å². The summed E-state index contributed by atoms with van der Waals surface area (Å²) >= 11 is 0. The maximum atomic E-state index is 11.7. The summed E-state index contributed by atoms with van der Waals surface area (Å²) in [6, 6.07) is 4.27. The molecular formula is C12H9NO5. The smallest absolute Gasteiger partial charge is 0.419 e. The van der Waals surface area contributed by atoms with Gasteiger partial charge in [-0.3, -0.25) is 9.36 Å². The molecule has 92 valence electrons. The highest BCUT2D eigenvalue weighted by Gasteiger charge is 2.18. The number of carbonyl (C=O) groups is 2. The number of aliphatic carboxylic acids is 1. The van der Waals surface area contributed by atoms with E-state index >= 15 is 0 Å². The zero-order valence-electron chi connectivity index (χ0n) is 9.47. The van der Waals surface area contributed by atoms with Crippen molar-refractivity contribution in [2.75, 3.05) is 0 Å². The Balaban J connectivity index is 2.54. The van der Waals surface area contributed by atoms with Crippen LogP contribution in [0, 0.1) is 0 Å². The number of rotatable bonds is 3. The van der Waals surface area contributed by atoms with E-state index < -0.39 is 23.1 Å². The quantitative estimate of drug-likeness (QED) is 0.377. The van der Waals surface area contributed by atoms with Crippen molar-refractivity contribution < 1.29 is 19.1 Å². The van der Waals surface area contributed by atoms with E-state index in [2.05, 4.69) is 6.58 Å². The second-order valence-electron chi connectivity index (χ2n) is 3.72. The number of aryl methyl sites for hydroxylation is 1. The van der Waals surface area contributed by atoms with Crippen LogP contribution in [0.25, 0.3) is 11.1 Å². The van der Waals surface area contributed by atoms with Gasteiger partial charge in [-0.1, -0.05) is 6.58 Å². The van der Waals surface area contributed by atoms with Gasteiger partial charge in [0, 0.05) is 12.6 Å². The number of nitrogens with zero attached hydrogens (tertiary/aromatic N) is 1. The highest BCUT2D eigenvalue weighted by atomic mass is 16.4. The zero-order chi connectivity index (χ0) is 13.4. The largest absolute Gasteiger partial charge is 0.478 e. The van der Waals surface area contributed by atoms with Gasteiger partial charge in [0.15, 0.2) is 11.4 Å². The predicted molar refractivity (Wildman–Crippen MR) is 62.6 cm³/mol. The number of carboxylic acid groups (broad SMARTS) is 1. The molecule has 0 saturated heterocycles. The van der Waals surface area contributed by atoms with Crippen molar-refractivity contribution in [3.8, 4) is 0 Å². The third-order valence-corrected chi connectivity index (χ3v) is 2.59. The first-order valence-corrected chi connectivity index (χ1v) is 4.98. The van der Waals surface area contributed by atoms with Crippen molar-refractivity contribution in [1.82, 2.24) is 4.57 Å². The van der Waals surface area contributed by atoms with Crippen molar-refractivity contribution in [2.45, 2.75) is 0 Å². The zero-order valence-corrected chi connectivity index (χ0v) is 9.47. The highest BCUT2D eigenvalue weighted by molar-refractivity contribution is 6.23. The molecule has 0 aliphatic heterocycles. The molecule has 2 aromatic rings. The van der Waals surface area contributed by atoms with Crippen LogP contribution in [0.4, 0.5) is 0 Å². The number of Topliss-reactive ketones (excluding diaryl/α,β-unsaturated/α-hetero) is 1. The van der Waals surface area contributed by atoms with E-state index in [-0.39, 0.29) is 11.1 Å². The Kier molecular flexibility index (Phi) is 2.63. The van der Waals surface area contributed by atoms with Crippen LogP contribution < -0.4 is 5.76 Å². The normalized spacial score (nSPS) is 10.5. The number of carboxylic acids is 1. The lowest BCUT2D eigenvalue weighted by atomic mass is 10.0. The average Bonchev–Trinajstić information content (AvgIpc) is 2.62. The molecule has 0 unspecified atom stereocenters. The van der Waals surface area contributed by atoms with Crippen molar-refractivity contribution in [1.29, 1.82) is 0 Å². The van der Waals surface area contributed by atoms with Gasteiger partial charge < -0.3 is 9.52 Å². The SMILES string of the molecule is C=C(C(=O)O)C(=O)c1ccc2c(c1)oc(=O)n2C. The third-order valence-electron chi connectivity index (χ3n) is 2.59. The summed E-state index contributed by atoms with van der Waals surface area (Å²) in [6.45, 7) is 3.19. The molecule has 1 heterocycles. The van der Waals surface area contributed by atoms with Crippen molar-refractivity contribution >= 4 is 22.9 Å². The molecule has 1 aromatic carbocycles. The molecule has 0 bridgehead atoms. The maximum absolute atomic E-state index is 11.7. The highest BCUT2D eigenvalue weighted by Crippen LogP contribution is 2.16. The Morgan fingerprint density at radius 3 is 2.67 bits per heavy atom. The molecular weight excluding hydrogens is 238 g/mol. The summed E-state index contributed by atoms with van der Waals surface area (Å²) in [5.74, 6) is -2.64. The van der Waals surface area contributed by atoms with E-state index in [0.29, 0.717) is 5.52 Å². The average molecular weight is 247 g/mol. The van der Waals surface area contributed by atoms with Gasteiger partial charge >= 0.3 is 11.7 Å². The number of carbonyl (C=O) groups excluding carboxylic acids is 1. The standard InChI is InChI=1S/C12H9NO5/c1-6(11(15)16)10(14)7-3-4-8-9(5-7)18-12(17)13(8)2/h3-5H,1H2,2H3,(H,15,16). The number of fused-ring (bicyclic) bond motifs is 1. The molecule has 0 radical (unpaired) electrons. The van der Waals surface area contributed by atoms with Gasteiger partial charge in [0.05, 0.1) is 5.52 Å². The number of hydrogen-bond donors (Lipinski definition) is 1. The minimum atomic E-state index is -1.38. The van der Waals surface area contributed by atoms with Gasteiger partial charge in [-0.25, -0.2) is 9.59 Å². The summed E-state index contributed by atoms with van der Waals surface area (Å²) in [5, 5.41) is 8.68. The van der Waals surface area contributed by atoms with E-state index in [0.717, 1.165) is 0 Å². The van der Waals surface area contributed by atoms with Crippen LogP contribution >= 0.6 is 0 Å². The Morgan fingerprint density at radius 1 is 1.39 bits per heavy atom. The summed E-state index contributed by atoms with van der Waals surface area (Å²) in [6.07, 6.45) is 0. The van der Waals surface area contributed by atoms with Gasteiger partial charge in [-0.05, 0) is 18.2 Å². The van der Waals surface area contributed by atoms with Crippen LogP contribution in [-0.2, 0) is 11.8 Å². The first kappa shape index (κ1) is 11.8. The fourth-order valence-electron chi connectivity index (χ4n) is 1.55. The molecule has 6 nitrogen and oxygen atoms in total. The van der Waals surface area contributed by atoms with Crippen LogP contribution in [0.5, 0.6) is 0 Å². The lowest BCUT2D eigenvalue weighted by molar-refractivity contribution is -0.132. The summed E-state index contributed by atoms with van der Waals surface area (Å²) in [4.78, 5) is 33.6. The molecule has 0 atom stereocenters. The van der Waals surface area contributed by atoms with Crippen molar-refractivity contribution in [2.24, 2.45) is 7.05 Å². The van der Waals surface area contributed by atoms with Crippen LogP contribution in [-0.4, -0.2) is 21.4 Å². The minimum Gasteiger partial charge on any atom is -0.478 e. The molecule has 1 N–H and O–H groups in total. The molecule has 1 aromatic heterocycles. The van der Waals surface area contributed by atoms with Gasteiger partial charge in [-0.2, -0.15) is 0 Å². The predicted octanol–water partition coefficient (Wildman–Crippen LogP) is 0.955. The maximum Gasteiger partial charge on any atom is 0.419 e. The number of oxazole rings is 1. The van der Waals surface area contributed by atoms with Crippen LogP contribution in [0.1, 0.15) is 10.4 Å². The third kappa shape index (κ3) is 1.73. The lowest BCUT2D eigenvalue weighted by Gasteiger charge is -2.00. The second kappa shape index (κ2) is 3.99.